The average molecular weight is 409 g/mol. The molecule has 1 saturated heterocycles. The van der Waals surface area contributed by atoms with E-state index in [0.717, 1.165) is 16.5 Å². The Hall–Kier alpha value is -3.03. The highest BCUT2D eigenvalue weighted by Gasteiger charge is 2.23. The normalized spacial score (nSPS) is 14.4. The summed E-state index contributed by atoms with van der Waals surface area (Å²) in [7, 11) is 1.77. The van der Waals surface area contributed by atoms with Crippen LogP contribution >= 0.6 is 0 Å². The number of para-hydroxylation sites is 1. The van der Waals surface area contributed by atoms with Crippen LogP contribution in [0.3, 0.4) is 0 Å². The summed E-state index contributed by atoms with van der Waals surface area (Å²) in [6.07, 6.45) is 0. The zero-order valence-electron chi connectivity index (χ0n) is 16.9. The third kappa shape index (κ3) is 4.27. The minimum atomic E-state index is -0.330. The monoisotopic (exact) mass is 409 g/mol. The van der Waals surface area contributed by atoms with Crippen LogP contribution in [0.25, 0.3) is 22.2 Å². The van der Waals surface area contributed by atoms with Gasteiger partial charge in [0.15, 0.2) is 5.78 Å². The number of benzene rings is 2. The molecule has 0 bridgehead atoms. The maximum atomic E-state index is 13.4. The van der Waals surface area contributed by atoms with Crippen LogP contribution in [-0.4, -0.2) is 72.9 Å². The van der Waals surface area contributed by atoms with Gasteiger partial charge in [0.2, 0.25) is 5.91 Å². The molecular weight excluding hydrogens is 385 g/mol. The molecule has 1 fully saturated rings. The molecule has 3 aromatic rings. The number of halogens is 1. The first kappa shape index (κ1) is 20.3. The first-order chi connectivity index (χ1) is 14.5. The summed E-state index contributed by atoms with van der Waals surface area (Å²) in [4.78, 5) is 32.5. The fourth-order valence-corrected chi connectivity index (χ4v) is 3.79. The van der Waals surface area contributed by atoms with E-state index in [4.69, 9.17) is 4.74 Å². The van der Waals surface area contributed by atoms with Crippen molar-refractivity contribution in [3.63, 3.8) is 0 Å². The standard InChI is InChI=1S/C23H24FN3O3/c1-26(15-21(29)27-10-12-30-13-11-27)14-20(28)22-18-4-2-3-5-19(18)25-23(22)16-6-8-17(24)9-7-16/h2-9,25H,10-15H2,1H3. The van der Waals surface area contributed by atoms with Crippen LogP contribution in [0.15, 0.2) is 48.5 Å². The largest absolute Gasteiger partial charge is 0.378 e. The van der Waals surface area contributed by atoms with Crippen LogP contribution in [0, 0.1) is 5.82 Å². The molecular formula is C23H24FN3O3. The lowest BCUT2D eigenvalue weighted by molar-refractivity contribution is -0.136. The molecule has 1 aliphatic rings. The minimum absolute atomic E-state index is 0.00807. The fraction of sp³-hybridized carbons (Fsp3) is 0.304. The minimum Gasteiger partial charge on any atom is -0.378 e. The highest BCUT2D eigenvalue weighted by molar-refractivity contribution is 6.14. The molecule has 0 unspecified atom stereocenters. The Morgan fingerprint density at radius 2 is 1.77 bits per heavy atom. The van der Waals surface area contributed by atoms with Crippen molar-refractivity contribution in [3.8, 4) is 11.3 Å². The Bertz CT molecular complexity index is 1060. The van der Waals surface area contributed by atoms with Crippen LogP contribution in [0.4, 0.5) is 4.39 Å². The molecule has 4 rings (SSSR count). The number of morpholine rings is 1. The molecule has 0 radical (unpaired) electrons. The number of ether oxygens (including phenoxy) is 1. The number of Topliss-reactive ketones (excluding diaryl/α,β-unsaturated/α-hetero) is 1. The third-order valence-electron chi connectivity index (χ3n) is 5.30. The van der Waals surface area contributed by atoms with E-state index in [9.17, 15) is 14.0 Å². The number of carbonyl (C=O) groups is 2. The molecule has 30 heavy (non-hydrogen) atoms. The predicted octanol–water partition coefficient (Wildman–Crippen LogP) is 2.95. The van der Waals surface area contributed by atoms with Crippen LogP contribution in [0.5, 0.6) is 0 Å². The number of nitrogens with one attached hydrogen (secondary N) is 1. The summed E-state index contributed by atoms with van der Waals surface area (Å²) < 4.78 is 18.7. The topological polar surface area (TPSA) is 65.6 Å². The Morgan fingerprint density at radius 1 is 1.07 bits per heavy atom. The number of aromatic nitrogens is 1. The van der Waals surface area contributed by atoms with E-state index in [1.165, 1.54) is 12.1 Å². The van der Waals surface area contributed by atoms with E-state index in [-0.39, 0.29) is 30.6 Å². The molecule has 2 heterocycles. The number of H-pyrrole nitrogens is 1. The van der Waals surface area contributed by atoms with Crippen molar-refractivity contribution in [2.75, 3.05) is 46.4 Å². The first-order valence-electron chi connectivity index (χ1n) is 9.97. The molecule has 2 aromatic carbocycles. The van der Waals surface area contributed by atoms with E-state index < -0.39 is 0 Å². The predicted molar refractivity (Wildman–Crippen MR) is 113 cm³/mol. The van der Waals surface area contributed by atoms with E-state index in [0.29, 0.717) is 37.6 Å². The van der Waals surface area contributed by atoms with E-state index >= 15 is 0 Å². The number of amides is 1. The van der Waals surface area contributed by atoms with Gasteiger partial charge in [0.25, 0.3) is 0 Å². The van der Waals surface area contributed by atoms with Gasteiger partial charge < -0.3 is 14.6 Å². The van der Waals surface area contributed by atoms with Crippen molar-refractivity contribution < 1.29 is 18.7 Å². The highest BCUT2D eigenvalue weighted by atomic mass is 19.1. The lowest BCUT2D eigenvalue weighted by Gasteiger charge is -2.28. The van der Waals surface area contributed by atoms with Crippen molar-refractivity contribution in [1.82, 2.24) is 14.8 Å². The quantitative estimate of drug-likeness (QED) is 0.636. The lowest BCUT2D eigenvalue weighted by atomic mass is 10.0. The molecule has 1 amide bonds. The molecule has 156 valence electrons. The van der Waals surface area contributed by atoms with Gasteiger partial charge >= 0.3 is 0 Å². The number of likely N-dealkylation sites (N-methyl/N-ethyl adjacent to an activating group) is 1. The van der Waals surface area contributed by atoms with Crippen molar-refractivity contribution in [1.29, 1.82) is 0 Å². The van der Waals surface area contributed by atoms with Gasteiger partial charge in [0, 0.05) is 24.0 Å². The van der Waals surface area contributed by atoms with Gasteiger partial charge in [-0.05, 0) is 42.9 Å². The molecule has 6 nitrogen and oxygen atoms in total. The van der Waals surface area contributed by atoms with Gasteiger partial charge in [-0.15, -0.1) is 0 Å². The molecule has 0 saturated carbocycles. The number of fused-ring (bicyclic) bond motifs is 1. The number of carbonyl (C=O) groups excluding carboxylic acids is 2. The Kier molecular flexibility index (Phi) is 5.92. The first-order valence-corrected chi connectivity index (χ1v) is 9.97. The number of aromatic amines is 1. The average Bonchev–Trinajstić information content (AvgIpc) is 3.14. The fourth-order valence-electron chi connectivity index (χ4n) is 3.79. The van der Waals surface area contributed by atoms with Crippen LogP contribution in [-0.2, 0) is 9.53 Å². The van der Waals surface area contributed by atoms with Crippen LogP contribution in [0.2, 0.25) is 0 Å². The van der Waals surface area contributed by atoms with Crippen LogP contribution in [0.1, 0.15) is 10.4 Å². The molecule has 1 N–H and O–H groups in total. The number of hydrogen-bond donors (Lipinski definition) is 1. The van der Waals surface area contributed by atoms with Crippen molar-refractivity contribution in [2.45, 2.75) is 0 Å². The second kappa shape index (κ2) is 8.77. The Balaban J connectivity index is 1.57. The SMILES string of the molecule is CN(CC(=O)c1c(-c2ccc(F)cc2)[nH]c2ccccc12)CC(=O)N1CCOCC1. The second-order valence-electron chi connectivity index (χ2n) is 7.52. The van der Waals surface area contributed by atoms with Crippen molar-refractivity contribution in [2.24, 2.45) is 0 Å². The lowest BCUT2D eigenvalue weighted by Crippen LogP contribution is -2.45. The van der Waals surface area contributed by atoms with Gasteiger partial charge in [-0.1, -0.05) is 18.2 Å². The van der Waals surface area contributed by atoms with Crippen LogP contribution < -0.4 is 0 Å². The summed E-state index contributed by atoms with van der Waals surface area (Å²) in [6, 6.07) is 13.6. The zero-order chi connectivity index (χ0) is 21.1. The second-order valence-corrected chi connectivity index (χ2v) is 7.52. The van der Waals surface area contributed by atoms with Gasteiger partial charge in [0.1, 0.15) is 5.82 Å². The van der Waals surface area contributed by atoms with Gasteiger partial charge in [-0.3, -0.25) is 14.5 Å². The molecule has 0 aliphatic carbocycles. The van der Waals surface area contributed by atoms with Gasteiger partial charge in [-0.2, -0.15) is 0 Å². The smallest absolute Gasteiger partial charge is 0.236 e. The molecule has 1 aromatic heterocycles. The summed E-state index contributed by atoms with van der Waals surface area (Å²) in [5.74, 6) is -0.431. The van der Waals surface area contributed by atoms with Gasteiger partial charge in [-0.25, -0.2) is 4.39 Å². The highest BCUT2D eigenvalue weighted by Crippen LogP contribution is 2.31. The van der Waals surface area contributed by atoms with Crippen molar-refractivity contribution in [3.05, 3.63) is 59.9 Å². The van der Waals surface area contributed by atoms with E-state index in [1.54, 1.807) is 29.0 Å². The maximum absolute atomic E-state index is 13.4. The van der Waals surface area contributed by atoms with Crippen molar-refractivity contribution >= 4 is 22.6 Å². The number of nitrogens with zero attached hydrogens (tertiary/aromatic N) is 2. The summed E-state index contributed by atoms with van der Waals surface area (Å²) in [6.45, 7) is 2.52. The number of rotatable bonds is 6. The van der Waals surface area contributed by atoms with E-state index in [2.05, 4.69) is 4.98 Å². The number of hydrogen-bond acceptors (Lipinski definition) is 4. The number of ketones is 1. The maximum Gasteiger partial charge on any atom is 0.236 e. The molecule has 0 atom stereocenters. The molecule has 0 spiro atoms. The zero-order valence-corrected chi connectivity index (χ0v) is 16.9. The summed E-state index contributed by atoms with van der Waals surface area (Å²) >= 11 is 0. The van der Waals surface area contributed by atoms with Gasteiger partial charge in [0.05, 0.1) is 37.6 Å². The summed E-state index contributed by atoms with van der Waals surface area (Å²) in [5.41, 5.74) is 2.80. The van der Waals surface area contributed by atoms with E-state index in [1.807, 2.05) is 24.3 Å². The Morgan fingerprint density at radius 3 is 2.50 bits per heavy atom. The molecule has 1 aliphatic heterocycles. The molecule has 7 heteroatoms. The Labute approximate surface area is 174 Å². The summed E-state index contributed by atoms with van der Waals surface area (Å²) in [5, 5.41) is 0.815. The third-order valence-corrected chi connectivity index (χ3v) is 5.30.